The van der Waals surface area contributed by atoms with Crippen LogP contribution in [0.5, 0.6) is 0 Å². The molecule has 1 amide bonds. The maximum Gasteiger partial charge on any atom is 0.221 e. The summed E-state index contributed by atoms with van der Waals surface area (Å²) in [5, 5.41) is 0.0475. The molecular weight excluding hydrogens is 458 g/mol. The molecule has 0 aliphatic carbocycles. The lowest BCUT2D eigenvalue weighted by Gasteiger charge is -2.38. The Morgan fingerprint density at radius 1 is 1.03 bits per heavy atom. The number of hydrogen-bond donors (Lipinski definition) is 0. The molecule has 1 unspecified atom stereocenters. The van der Waals surface area contributed by atoms with Crippen molar-refractivity contribution in [2.75, 3.05) is 31.1 Å². The fourth-order valence-corrected chi connectivity index (χ4v) is 7.20. The van der Waals surface area contributed by atoms with Crippen molar-refractivity contribution in [1.82, 2.24) is 9.21 Å². The van der Waals surface area contributed by atoms with Crippen molar-refractivity contribution in [3.8, 4) is 0 Å². The number of aryl methyl sites for hydroxylation is 1. The number of piperazine rings is 1. The Morgan fingerprint density at radius 2 is 1.70 bits per heavy atom. The monoisotopic (exact) mass is 489 g/mol. The molecule has 0 bridgehead atoms. The van der Waals surface area contributed by atoms with Crippen LogP contribution >= 0.6 is 11.6 Å². The minimum atomic E-state index is -3.51. The molecule has 8 heteroatoms. The zero-order valence-corrected chi connectivity index (χ0v) is 21.1. The fourth-order valence-electron chi connectivity index (χ4n) is 4.77. The molecule has 0 spiro atoms. The third-order valence-corrected chi connectivity index (χ3v) is 9.65. The summed E-state index contributed by atoms with van der Waals surface area (Å²) >= 11 is 6.65. The normalized spacial score (nSPS) is 23.5. The number of amides is 1. The minimum absolute atomic E-state index is 0.0768. The molecule has 0 N–H and O–H groups in total. The van der Waals surface area contributed by atoms with E-state index in [0.717, 1.165) is 41.9 Å². The fraction of sp³-hybridized carbons (Fsp3) is 0.480. The topological polar surface area (TPSA) is 60.9 Å². The highest BCUT2D eigenvalue weighted by Crippen LogP contribution is 2.39. The predicted molar refractivity (Wildman–Crippen MR) is 133 cm³/mol. The predicted octanol–water partition coefficient (Wildman–Crippen LogP) is 4.37. The lowest BCUT2D eigenvalue weighted by atomic mass is 10.0. The summed E-state index contributed by atoms with van der Waals surface area (Å²) in [6.07, 6.45) is 1.44. The number of hydrogen-bond acceptors (Lipinski definition) is 4. The largest absolute Gasteiger partial charge is 0.368 e. The van der Waals surface area contributed by atoms with Crippen LogP contribution in [0.2, 0.25) is 5.02 Å². The van der Waals surface area contributed by atoms with Gasteiger partial charge in [-0.15, -0.1) is 0 Å². The Bertz CT molecular complexity index is 1110. The summed E-state index contributed by atoms with van der Waals surface area (Å²) < 4.78 is 28.8. The Morgan fingerprint density at radius 3 is 2.30 bits per heavy atom. The van der Waals surface area contributed by atoms with Crippen LogP contribution in [-0.4, -0.2) is 55.8 Å². The summed E-state index contributed by atoms with van der Waals surface area (Å²) in [5.41, 5.74) is 3.78. The van der Waals surface area contributed by atoms with Gasteiger partial charge in [0.05, 0.1) is 0 Å². The van der Waals surface area contributed by atoms with Gasteiger partial charge in [0.15, 0.2) is 0 Å². The summed E-state index contributed by atoms with van der Waals surface area (Å²) in [5.74, 6) is 0.101. The van der Waals surface area contributed by atoms with E-state index in [2.05, 4.69) is 4.90 Å². The summed E-state index contributed by atoms with van der Waals surface area (Å²) in [6, 6.07) is 13.6. The van der Waals surface area contributed by atoms with Gasteiger partial charge in [-0.1, -0.05) is 47.5 Å². The second kappa shape index (κ2) is 9.65. The molecule has 2 saturated heterocycles. The average molecular weight is 490 g/mol. The van der Waals surface area contributed by atoms with Crippen molar-refractivity contribution in [2.24, 2.45) is 0 Å². The molecule has 178 valence electrons. The van der Waals surface area contributed by atoms with E-state index in [4.69, 9.17) is 11.6 Å². The van der Waals surface area contributed by atoms with Gasteiger partial charge in [-0.25, -0.2) is 8.42 Å². The maximum atomic E-state index is 13.6. The first-order valence-corrected chi connectivity index (χ1v) is 13.4. The van der Waals surface area contributed by atoms with Gasteiger partial charge in [-0.05, 0) is 49.9 Å². The number of carbonyl (C=O) groups is 1. The number of nitrogens with zero attached hydrogens (tertiary/aromatic N) is 3. The molecular formula is C25H32ClN3O3S. The zero-order valence-electron chi connectivity index (χ0n) is 19.5. The molecule has 0 aromatic heterocycles. The van der Waals surface area contributed by atoms with Crippen molar-refractivity contribution < 1.29 is 13.2 Å². The van der Waals surface area contributed by atoms with Gasteiger partial charge in [-0.2, -0.15) is 4.31 Å². The van der Waals surface area contributed by atoms with Crippen molar-refractivity contribution >= 4 is 33.2 Å². The first kappa shape index (κ1) is 24.0. The van der Waals surface area contributed by atoms with Crippen molar-refractivity contribution in [2.45, 2.75) is 51.4 Å². The first-order valence-electron chi connectivity index (χ1n) is 11.5. The Hall–Kier alpha value is -2.09. The second-order valence-electron chi connectivity index (χ2n) is 9.18. The van der Waals surface area contributed by atoms with Crippen LogP contribution in [0.3, 0.4) is 0 Å². The highest BCUT2D eigenvalue weighted by molar-refractivity contribution is 7.89. The van der Waals surface area contributed by atoms with Gasteiger partial charge >= 0.3 is 0 Å². The van der Waals surface area contributed by atoms with E-state index in [1.165, 1.54) is 0 Å². The van der Waals surface area contributed by atoms with Crippen LogP contribution < -0.4 is 4.90 Å². The van der Waals surface area contributed by atoms with E-state index in [1.807, 2.05) is 61.2 Å². The molecule has 33 heavy (non-hydrogen) atoms. The van der Waals surface area contributed by atoms with Crippen molar-refractivity contribution in [3.05, 3.63) is 64.2 Å². The number of carbonyl (C=O) groups excluding carboxylic acids is 1. The number of rotatable bonds is 4. The van der Waals surface area contributed by atoms with Crippen LogP contribution in [-0.2, 0) is 21.4 Å². The number of anilines is 1. The van der Waals surface area contributed by atoms with E-state index in [9.17, 15) is 13.2 Å². The maximum absolute atomic E-state index is 13.6. The van der Waals surface area contributed by atoms with E-state index in [0.29, 0.717) is 24.5 Å². The van der Waals surface area contributed by atoms with E-state index in [-0.39, 0.29) is 18.5 Å². The smallest absolute Gasteiger partial charge is 0.221 e. The highest BCUT2D eigenvalue weighted by atomic mass is 35.5. The minimum Gasteiger partial charge on any atom is -0.368 e. The van der Waals surface area contributed by atoms with Gasteiger partial charge < -0.3 is 9.80 Å². The number of sulfonamides is 1. The third-order valence-electron chi connectivity index (χ3n) is 6.93. The van der Waals surface area contributed by atoms with Crippen molar-refractivity contribution in [1.29, 1.82) is 0 Å². The first-order chi connectivity index (χ1) is 15.7. The SMILES string of the molecule is CC(=O)N1CCN(c2ccc(CN3[C@@H](C)CCC(c4ccc(C)cc4)S3(=O)=O)c(Cl)c2)CC1. The Kier molecular flexibility index (Phi) is 7.03. The summed E-state index contributed by atoms with van der Waals surface area (Å²) in [4.78, 5) is 15.6. The van der Waals surface area contributed by atoms with E-state index >= 15 is 0 Å². The van der Waals surface area contributed by atoms with E-state index in [1.54, 1.807) is 11.2 Å². The zero-order chi connectivity index (χ0) is 23.8. The molecule has 2 atom stereocenters. The molecule has 2 aromatic carbocycles. The molecule has 4 rings (SSSR count). The Labute approximate surface area is 202 Å². The molecule has 6 nitrogen and oxygen atoms in total. The van der Waals surface area contributed by atoms with Gasteiger partial charge in [0.1, 0.15) is 5.25 Å². The van der Waals surface area contributed by atoms with Gasteiger partial charge in [0.2, 0.25) is 15.9 Å². The second-order valence-corrected chi connectivity index (χ2v) is 11.7. The molecule has 0 saturated carbocycles. The molecule has 2 aromatic rings. The Balaban J connectivity index is 1.51. The average Bonchev–Trinajstić information content (AvgIpc) is 2.78. The van der Waals surface area contributed by atoms with Crippen LogP contribution in [0.4, 0.5) is 5.69 Å². The molecule has 0 radical (unpaired) electrons. The lowest BCUT2D eigenvalue weighted by molar-refractivity contribution is -0.129. The molecule has 2 heterocycles. The molecule has 2 fully saturated rings. The summed E-state index contributed by atoms with van der Waals surface area (Å²) in [7, 11) is -3.51. The van der Waals surface area contributed by atoms with Gasteiger partial charge in [-0.3, -0.25) is 4.79 Å². The molecule has 2 aliphatic heterocycles. The van der Waals surface area contributed by atoms with Crippen molar-refractivity contribution in [3.63, 3.8) is 0 Å². The van der Waals surface area contributed by atoms with Crippen LogP contribution in [0.25, 0.3) is 0 Å². The van der Waals surface area contributed by atoms with Gasteiger partial charge in [0, 0.05) is 56.4 Å². The molecule has 2 aliphatic rings. The lowest BCUT2D eigenvalue weighted by Crippen LogP contribution is -2.48. The number of benzene rings is 2. The number of halogens is 1. The van der Waals surface area contributed by atoms with E-state index < -0.39 is 15.3 Å². The van der Waals surface area contributed by atoms with Crippen LogP contribution in [0.15, 0.2) is 42.5 Å². The third kappa shape index (κ3) is 5.05. The van der Waals surface area contributed by atoms with Gasteiger partial charge in [0.25, 0.3) is 0 Å². The van der Waals surface area contributed by atoms with Crippen LogP contribution in [0, 0.1) is 6.92 Å². The van der Waals surface area contributed by atoms with Crippen LogP contribution in [0.1, 0.15) is 48.6 Å². The highest BCUT2D eigenvalue weighted by Gasteiger charge is 2.40. The summed E-state index contributed by atoms with van der Waals surface area (Å²) in [6.45, 7) is 8.73. The quantitative estimate of drug-likeness (QED) is 0.639. The standard InChI is InChI=1S/C25H32ClN3O3S/c1-18-4-7-21(8-5-18)25-11-6-19(2)29(33(25,31)32)17-22-9-10-23(16-24(22)26)28-14-12-27(13-15-28)20(3)30/h4-5,7-10,16,19,25H,6,11-15,17H2,1-3H3/t19-,25?/m0/s1.